The average Bonchev–Trinajstić information content (AvgIpc) is 1.30. The maximum absolute atomic E-state index is 12.9. The summed E-state index contributed by atoms with van der Waals surface area (Å²) < 4.78 is 34.4. The number of unbranched alkanes of at least 4 members (excludes halogenated alkanes) is 17. The van der Waals surface area contributed by atoms with E-state index in [0.29, 0.717) is 23.9 Å². The molecule has 9 nitrogen and oxygen atoms in total. The van der Waals surface area contributed by atoms with E-state index in [2.05, 4.69) is 245 Å². The second-order valence-corrected chi connectivity index (χ2v) is 27.7. The standard InChI is InChI=1S/C90H142NO8P/c1-6-8-10-12-14-16-18-20-22-24-26-28-30-32-34-36-38-40-42-43-44-45-46-47-49-51-53-55-57-59-61-63-65-67-69-71-73-75-77-79-81-83-90(93)99-88(87-98-100(94,95)97-85-84-91(3,4)5)86-96-89(92)82-80-78-76-74-72-70-68-66-64-62-60-58-56-54-52-50-48-41-39-37-35-33-31-29-27-25-23-21-19-17-15-13-11-9-7-2/h8-11,14-17,20-23,26-29,32-35,38-41,43-44,46-47,50-53,56-59,62,64,88H,6-7,12-13,18-19,24-25,30-31,36-37,42,45,48-49,54-55,60-61,63,65-87H2,1-5H3/b10-8-,11-9-,16-14-,17-15-,22-20-,23-21-,28-26-,29-27-,34-32-,35-33-,40-38-,41-39-,44-43-,47-46-,52-50-,53-51-,58-56-,59-57-,64-62-. The third kappa shape index (κ3) is 81.0. The Morgan fingerprint density at radius 2 is 0.540 bits per heavy atom. The van der Waals surface area contributed by atoms with Crippen LogP contribution < -0.4 is 4.89 Å². The maximum atomic E-state index is 12.9. The molecular weight excluding hydrogens is 1250 g/mol. The zero-order valence-corrected chi connectivity index (χ0v) is 64.7. The molecule has 10 heteroatoms. The Bertz CT molecular complexity index is 2550. The molecule has 0 aromatic rings. The normalized spacial score (nSPS) is 14.3. The lowest BCUT2D eigenvalue weighted by Crippen LogP contribution is -2.37. The van der Waals surface area contributed by atoms with Crippen LogP contribution in [0.3, 0.4) is 0 Å². The fourth-order valence-corrected chi connectivity index (χ4v) is 10.5. The van der Waals surface area contributed by atoms with Gasteiger partial charge in [0, 0.05) is 12.8 Å². The van der Waals surface area contributed by atoms with Crippen LogP contribution in [0.25, 0.3) is 0 Å². The number of carbonyl (C=O) groups is 2. The van der Waals surface area contributed by atoms with E-state index < -0.39 is 32.5 Å². The van der Waals surface area contributed by atoms with Crippen molar-refractivity contribution in [2.75, 3.05) is 47.5 Å². The predicted octanol–water partition coefficient (Wildman–Crippen LogP) is 25.9. The van der Waals surface area contributed by atoms with E-state index in [1.54, 1.807) is 0 Å². The molecule has 0 saturated heterocycles. The van der Waals surface area contributed by atoms with Crippen molar-refractivity contribution in [1.82, 2.24) is 0 Å². The molecule has 0 radical (unpaired) electrons. The number of esters is 2. The van der Waals surface area contributed by atoms with E-state index in [4.69, 9.17) is 18.5 Å². The molecule has 100 heavy (non-hydrogen) atoms. The van der Waals surface area contributed by atoms with Gasteiger partial charge in [-0.3, -0.25) is 14.2 Å². The zero-order chi connectivity index (χ0) is 72.5. The number of ether oxygens (including phenoxy) is 2. The fourth-order valence-electron chi connectivity index (χ4n) is 9.79. The number of rotatable bonds is 69. The molecule has 2 atom stereocenters. The van der Waals surface area contributed by atoms with Gasteiger partial charge in [0.25, 0.3) is 7.82 Å². The minimum atomic E-state index is -4.67. The van der Waals surface area contributed by atoms with Gasteiger partial charge in [-0.05, 0) is 161 Å². The highest BCUT2D eigenvalue weighted by molar-refractivity contribution is 7.45. The van der Waals surface area contributed by atoms with Gasteiger partial charge in [-0.15, -0.1) is 0 Å². The van der Waals surface area contributed by atoms with E-state index in [0.717, 1.165) is 173 Å². The Hall–Kier alpha value is -5.93. The maximum Gasteiger partial charge on any atom is 0.306 e. The monoisotopic (exact) mass is 1400 g/mol. The van der Waals surface area contributed by atoms with Crippen LogP contribution in [0.4, 0.5) is 0 Å². The summed E-state index contributed by atoms with van der Waals surface area (Å²) in [5.74, 6) is -0.865. The van der Waals surface area contributed by atoms with Crippen molar-refractivity contribution in [3.05, 3.63) is 231 Å². The lowest BCUT2D eigenvalue weighted by molar-refractivity contribution is -0.870. The third-order valence-electron chi connectivity index (χ3n) is 15.7. The molecule has 0 bridgehead atoms. The van der Waals surface area contributed by atoms with Crippen LogP contribution in [0.1, 0.15) is 271 Å². The van der Waals surface area contributed by atoms with Crippen LogP contribution in [0.2, 0.25) is 0 Å². The van der Waals surface area contributed by atoms with Crippen molar-refractivity contribution in [2.24, 2.45) is 0 Å². The zero-order valence-electron chi connectivity index (χ0n) is 63.8. The minimum absolute atomic E-state index is 0.0456. The molecule has 0 aromatic carbocycles. The van der Waals surface area contributed by atoms with Gasteiger partial charge in [-0.1, -0.05) is 328 Å². The SMILES string of the molecule is CC/C=C\C/C=C\C/C=C\C/C=C\C/C=C\C/C=C\C/C=C\C/C=C\C/C=C\C/C=C\CCCCCCCCCCCCC(=O)OC(COC(=O)CCCCCCCCC/C=C\C/C=C\C/C=C\C/C=C\C/C=C\C/C=C\C/C=C\C/C=C\C/C=C\CC)COP(=O)([O-])OCC[N+](C)(C)C. The molecule has 0 N–H and O–H groups in total. The molecule has 0 aliphatic rings. The lowest BCUT2D eigenvalue weighted by Gasteiger charge is -2.28. The highest BCUT2D eigenvalue weighted by atomic mass is 31.2. The van der Waals surface area contributed by atoms with Crippen molar-refractivity contribution in [3.63, 3.8) is 0 Å². The van der Waals surface area contributed by atoms with Crippen molar-refractivity contribution in [2.45, 2.75) is 277 Å². The van der Waals surface area contributed by atoms with Gasteiger partial charge in [0.05, 0.1) is 27.7 Å². The molecule has 0 amide bonds. The van der Waals surface area contributed by atoms with E-state index in [1.165, 1.54) is 57.8 Å². The van der Waals surface area contributed by atoms with Crippen LogP contribution in [-0.2, 0) is 32.7 Å². The first-order chi connectivity index (χ1) is 49.0. The smallest absolute Gasteiger partial charge is 0.306 e. The van der Waals surface area contributed by atoms with Gasteiger partial charge in [0.1, 0.15) is 19.8 Å². The summed E-state index contributed by atoms with van der Waals surface area (Å²) in [6, 6.07) is 0. The first-order valence-corrected chi connectivity index (χ1v) is 40.6. The molecule has 0 spiro atoms. The van der Waals surface area contributed by atoms with Gasteiger partial charge in [-0.2, -0.15) is 0 Å². The number of hydrogen-bond acceptors (Lipinski definition) is 8. The second-order valence-electron chi connectivity index (χ2n) is 26.3. The van der Waals surface area contributed by atoms with E-state index in [-0.39, 0.29) is 26.1 Å². The summed E-state index contributed by atoms with van der Waals surface area (Å²) in [6.45, 7) is 3.97. The molecule has 0 aliphatic carbocycles. The third-order valence-corrected chi connectivity index (χ3v) is 16.6. The summed E-state index contributed by atoms with van der Waals surface area (Å²) >= 11 is 0. The molecule has 2 unspecified atom stereocenters. The number of nitrogens with zero attached hydrogens (tertiary/aromatic N) is 1. The van der Waals surface area contributed by atoms with Crippen LogP contribution in [-0.4, -0.2) is 70.0 Å². The molecule has 0 fully saturated rings. The topological polar surface area (TPSA) is 111 Å². The largest absolute Gasteiger partial charge is 0.756 e. The first-order valence-electron chi connectivity index (χ1n) is 39.1. The minimum Gasteiger partial charge on any atom is -0.756 e. The molecule has 560 valence electrons. The number of likely N-dealkylation sites (N-methyl/N-ethyl adjacent to an activating group) is 1. The number of allylic oxidation sites excluding steroid dienone is 38. The number of carbonyl (C=O) groups excluding carboxylic acids is 2. The molecule has 0 heterocycles. The fraction of sp³-hybridized carbons (Fsp3) is 0.556. The van der Waals surface area contributed by atoms with Gasteiger partial charge in [0.15, 0.2) is 6.10 Å². The van der Waals surface area contributed by atoms with Crippen LogP contribution >= 0.6 is 7.82 Å². The summed E-state index contributed by atoms with van der Waals surface area (Å²) in [5, 5.41) is 0. The summed E-state index contributed by atoms with van der Waals surface area (Å²) in [5.41, 5.74) is 0. The number of quaternary nitrogens is 1. The predicted molar refractivity (Wildman–Crippen MR) is 433 cm³/mol. The van der Waals surface area contributed by atoms with Gasteiger partial charge in [0.2, 0.25) is 0 Å². The van der Waals surface area contributed by atoms with Gasteiger partial charge >= 0.3 is 11.9 Å². The first kappa shape index (κ1) is 94.1. The van der Waals surface area contributed by atoms with E-state index in [1.807, 2.05) is 21.1 Å². The quantitative estimate of drug-likeness (QED) is 0.0195. The second kappa shape index (κ2) is 77.2. The van der Waals surface area contributed by atoms with Crippen molar-refractivity contribution >= 4 is 19.8 Å². The Morgan fingerprint density at radius 1 is 0.310 bits per heavy atom. The Balaban J connectivity index is 4.14. The summed E-state index contributed by atoms with van der Waals surface area (Å²) in [4.78, 5) is 38.2. The summed E-state index contributed by atoms with van der Waals surface area (Å²) in [7, 11) is 1.13. The Morgan fingerprint density at radius 3 is 0.800 bits per heavy atom. The lowest BCUT2D eigenvalue weighted by atomic mass is 10.0. The van der Waals surface area contributed by atoms with Crippen molar-refractivity contribution < 1.29 is 42.1 Å². The Labute approximate surface area is 613 Å². The highest BCUT2D eigenvalue weighted by Crippen LogP contribution is 2.38. The van der Waals surface area contributed by atoms with Crippen molar-refractivity contribution in [1.29, 1.82) is 0 Å². The molecule has 0 aliphatic heterocycles. The number of phosphoric acid groups is 1. The molecule has 0 saturated carbocycles. The van der Waals surface area contributed by atoms with Crippen LogP contribution in [0.5, 0.6) is 0 Å². The van der Waals surface area contributed by atoms with Crippen molar-refractivity contribution in [3.8, 4) is 0 Å². The molecule has 0 rings (SSSR count). The van der Waals surface area contributed by atoms with E-state index in [9.17, 15) is 19.0 Å². The number of hydrogen-bond donors (Lipinski definition) is 0. The van der Waals surface area contributed by atoms with Gasteiger partial charge < -0.3 is 27.9 Å². The average molecular weight is 1400 g/mol. The van der Waals surface area contributed by atoms with Crippen LogP contribution in [0, 0.1) is 0 Å². The summed E-state index contributed by atoms with van der Waals surface area (Å²) in [6.07, 6.45) is 124. The number of phosphoric ester groups is 1. The molecular formula is C90H142NO8P. The van der Waals surface area contributed by atoms with E-state index >= 15 is 0 Å². The van der Waals surface area contributed by atoms with Crippen LogP contribution in [0.15, 0.2) is 231 Å². The highest BCUT2D eigenvalue weighted by Gasteiger charge is 2.22. The van der Waals surface area contributed by atoms with Gasteiger partial charge in [-0.25, -0.2) is 0 Å². The Kier molecular flexibility index (Phi) is 72.7. The molecule has 0 aromatic heterocycles.